The summed E-state index contributed by atoms with van der Waals surface area (Å²) in [5, 5.41) is 14.3. The van der Waals surface area contributed by atoms with Crippen molar-refractivity contribution in [2.24, 2.45) is 0 Å². The van der Waals surface area contributed by atoms with Crippen molar-refractivity contribution in [1.29, 1.82) is 0 Å². The molecule has 2 aromatic rings. The molecule has 1 heterocycles. The minimum atomic E-state index is -3.00. The molecule has 0 aliphatic carbocycles. The zero-order chi connectivity index (χ0) is 14.8. The Kier molecular flexibility index (Phi) is 4.80. The first-order valence-electron chi connectivity index (χ1n) is 6.43. The fraction of sp³-hybridized carbons (Fsp3) is 0.429. The van der Waals surface area contributed by atoms with Gasteiger partial charge >= 0.3 is 0 Å². The van der Waals surface area contributed by atoms with Gasteiger partial charge in [0.25, 0.3) is 0 Å². The molecule has 1 aromatic heterocycles. The lowest BCUT2D eigenvalue weighted by Gasteiger charge is -2.15. The summed E-state index contributed by atoms with van der Waals surface area (Å²) >= 11 is 1.56. The van der Waals surface area contributed by atoms with Crippen LogP contribution in [-0.4, -0.2) is 38.1 Å². The maximum atomic E-state index is 11.2. The van der Waals surface area contributed by atoms with Gasteiger partial charge in [0.2, 0.25) is 0 Å². The van der Waals surface area contributed by atoms with Gasteiger partial charge < -0.3 is 10.4 Å². The maximum Gasteiger partial charge on any atom is 0.148 e. The molecule has 0 aliphatic heterocycles. The molecule has 2 unspecified atom stereocenters. The first-order valence-corrected chi connectivity index (χ1v) is 9.30. The number of thiophene rings is 1. The molecule has 2 rings (SSSR count). The van der Waals surface area contributed by atoms with Crippen molar-refractivity contribution in [3.05, 3.63) is 35.2 Å². The quantitative estimate of drug-likeness (QED) is 0.855. The molecular formula is C14H19NO3S2. The van der Waals surface area contributed by atoms with E-state index in [2.05, 4.69) is 5.32 Å². The molecule has 2 atom stereocenters. The monoisotopic (exact) mass is 313 g/mol. The number of fused-ring (bicyclic) bond motifs is 1. The van der Waals surface area contributed by atoms with E-state index in [1.54, 1.807) is 18.3 Å². The minimum Gasteiger partial charge on any atom is -0.386 e. The number of aliphatic hydroxyl groups excluding tert-OH is 1. The summed E-state index contributed by atoms with van der Waals surface area (Å²) in [6, 6.07) is 9.79. The number of hydrogen-bond acceptors (Lipinski definition) is 5. The van der Waals surface area contributed by atoms with Crippen LogP contribution in [-0.2, 0) is 9.84 Å². The zero-order valence-electron chi connectivity index (χ0n) is 11.5. The minimum absolute atomic E-state index is 0.0755. The highest BCUT2D eigenvalue weighted by molar-refractivity contribution is 7.90. The van der Waals surface area contributed by atoms with Crippen molar-refractivity contribution in [3.8, 4) is 0 Å². The number of rotatable bonds is 6. The van der Waals surface area contributed by atoms with E-state index in [0.29, 0.717) is 6.54 Å². The fourth-order valence-electron chi connectivity index (χ4n) is 2.09. The summed E-state index contributed by atoms with van der Waals surface area (Å²) in [6.45, 7) is 2.15. The molecular weight excluding hydrogens is 294 g/mol. The Balaban J connectivity index is 1.96. The number of aliphatic hydroxyl groups is 1. The van der Waals surface area contributed by atoms with Gasteiger partial charge in [-0.15, -0.1) is 11.3 Å². The molecule has 4 nitrogen and oxygen atoms in total. The molecule has 0 saturated heterocycles. The van der Waals surface area contributed by atoms with Gasteiger partial charge in [0.05, 0.1) is 5.75 Å². The van der Waals surface area contributed by atoms with Gasteiger partial charge in [0, 0.05) is 28.4 Å². The summed E-state index contributed by atoms with van der Waals surface area (Å²) in [5.41, 5.74) is 0. The van der Waals surface area contributed by atoms with Gasteiger partial charge in [-0.25, -0.2) is 8.42 Å². The molecule has 0 spiro atoms. The fourth-order valence-corrected chi connectivity index (χ4v) is 4.17. The van der Waals surface area contributed by atoms with Gasteiger partial charge in [-0.1, -0.05) is 18.2 Å². The van der Waals surface area contributed by atoms with Gasteiger partial charge in [0.15, 0.2) is 0 Å². The topological polar surface area (TPSA) is 66.4 Å². The molecule has 0 amide bonds. The molecule has 20 heavy (non-hydrogen) atoms. The molecule has 1 aromatic carbocycles. The second-order valence-corrected chi connectivity index (χ2v) is 8.40. The highest BCUT2D eigenvalue weighted by Gasteiger charge is 2.14. The van der Waals surface area contributed by atoms with Crippen molar-refractivity contribution in [2.75, 3.05) is 18.6 Å². The lowest BCUT2D eigenvalue weighted by Crippen LogP contribution is -2.35. The highest BCUT2D eigenvalue weighted by Crippen LogP contribution is 2.29. The van der Waals surface area contributed by atoms with Crippen LogP contribution in [0.3, 0.4) is 0 Å². The molecule has 6 heteroatoms. The van der Waals surface area contributed by atoms with E-state index in [9.17, 15) is 13.5 Å². The van der Waals surface area contributed by atoms with E-state index in [0.717, 1.165) is 15.0 Å². The summed E-state index contributed by atoms with van der Waals surface area (Å²) in [7, 11) is -3.00. The van der Waals surface area contributed by atoms with Crippen LogP contribution in [0.1, 0.15) is 17.9 Å². The molecule has 0 bridgehead atoms. The maximum absolute atomic E-state index is 11.2. The molecule has 0 aliphatic rings. The molecule has 0 radical (unpaired) electrons. The summed E-state index contributed by atoms with van der Waals surface area (Å²) in [5.74, 6) is 0.0755. The summed E-state index contributed by atoms with van der Waals surface area (Å²) in [4.78, 5) is 0.894. The number of nitrogens with one attached hydrogen (secondary N) is 1. The largest absolute Gasteiger partial charge is 0.386 e. The molecule has 2 N–H and O–H groups in total. The van der Waals surface area contributed by atoms with E-state index in [1.165, 1.54) is 6.26 Å². The Hall–Kier alpha value is -0.950. The first-order chi connectivity index (χ1) is 9.35. The lowest BCUT2D eigenvalue weighted by molar-refractivity contribution is 0.175. The normalized spacial score (nSPS) is 15.3. The average molecular weight is 313 g/mol. The zero-order valence-corrected chi connectivity index (χ0v) is 13.2. The van der Waals surface area contributed by atoms with E-state index in [1.807, 2.05) is 30.3 Å². The van der Waals surface area contributed by atoms with E-state index >= 15 is 0 Å². The van der Waals surface area contributed by atoms with Gasteiger partial charge in [-0.05, 0) is 24.4 Å². The summed E-state index contributed by atoms with van der Waals surface area (Å²) < 4.78 is 23.5. The van der Waals surface area contributed by atoms with Crippen LogP contribution in [0, 0.1) is 0 Å². The van der Waals surface area contributed by atoms with Crippen LogP contribution in [0.4, 0.5) is 0 Å². The Morgan fingerprint density at radius 2 is 2.05 bits per heavy atom. The number of hydrogen-bond donors (Lipinski definition) is 2. The van der Waals surface area contributed by atoms with Crippen molar-refractivity contribution < 1.29 is 13.5 Å². The van der Waals surface area contributed by atoms with E-state index in [4.69, 9.17) is 0 Å². The Morgan fingerprint density at radius 1 is 1.35 bits per heavy atom. The lowest BCUT2D eigenvalue weighted by atomic mass is 10.2. The van der Waals surface area contributed by atoms with E-state index < -0.39 is 15.9 Å². The second kappa shape index (κ2) is 6.22. The first kappa shape index (κ1) is 15.4. The Morgan fingerprint density at radius 3 is 2.70 bits per heavy atom. The van der Waals surface area contributed by atoms with Crippen LogP contribution in [0.15, 0.2) is 30.3 Å². The second-order valence-electron chi connectivity index (χ2n) is 5.10. The predicted molar refractivity (Wildman–Crippen MR) is 84.0 cm³/mol. The van der Waals surface area contributed by atoms with Gasteiger partial charge in [0.1, 0.15) is 15.9 Å². The highest BCUT2D eigenvalue weighted by atomic mass is 32.2. The molecule has 0 fully saturated rings. The van der Waals surface area contributed by atoms with Crippen LogP contribution in [0.5, 0.6) is 0 Å². The third-order valence-electron chi connectivity index (χ3n) is 2.99. The van der Waals surface area contributed by atoms with Crippen LogP contribution in [0.25, 0.3) is 10.1 Å². The van der Waals surface area contributed by atoms with Gasteiger partial charge in [-0.2, -0.15) is 0 Å². The van der Waals surface area contributed by atoms with Crippen LogP contribution in [0.2, 0.25) is 0 Å². The van der Waals surface area contributed by atoms with Crippen LogP contribution < -0.4 is 5.32 Å². The number of sulfone groups is 1. The predicted octanol–water partition coefficient (Wildman–Crippen LogP) is 1.96. The van der Waals surface area contributed by atoms with Crippen molar-refractivity contribution in [2.45, 2.75) is 19.1 Å². The van der Waals surface area contributed by atoms with E-state index in [-0.39, 0.29) is 11.8 Å². The van der Waals surface area contributed by atoms with Gasteiger partial charge in [-0.3, -0.25) is 0 Å². The molecule has 110 valence electrons. The molecule has 0 saturated carbocycles. The standard InChI is InChI=1S/C14H19NO3S2/c1-10(9-20(2,17)18)15-8-12(16)14-7-11-5-3-4-6-13(11)19-14/h3-7,10,12,15-16H,8-9H2,1-2H3. The van der Waals surface area contributed by atoms with Crippen molar-refractivity contribution in [1.82, 2.24) is 5.32 Å². The summed E-state index contributed by atoms with van der Waals surface area (Å²) in [6.07, 6.45) is 0.600. The van der Waals surface area contributed by atoms with Crippen LogP contribution >= 0.6 is 11.3 Å². The smallest absolute Gasteiger partial charge is 0.148 e. The Labute approximate surface area is 123 Å². The Bertz CT molecular complexity index is 646. The third kappa shape index (κ3) is 4.28. The third-order valence-corrected chi connectivity index (χ3v) is 5.31. The average Bonchev–Trinajstić information content (AvgIpc) is 2.77. The van der Waals surface area contributed by atoms with Crippen molar-refractivity contribution >= 4 is 31.3 Å². The SMILES string of the molecule is CC(CS(C)(=O)=O)NCC(O)c1cc2ccccc2s1. The number of benzene rings is 1. The van der Waals surface area contributed by atoms with Crippen molar-refractivity contribution in [3.63, 3.8) is 0 Å².